The molecule has 6 heteroatoms. The maximum Gasteiger partial charge on any atom is 0.254 e. The molecule has 1 aliphatic heterocycles. The van der Waals surface area contributed by atoms with Gasteiger partial charge in [-0.25, -0.2) is 0 Å². The SMILES string of the molecule is O=C(c1ccccc1)N1CC[NH+](C[C@@H](O)COc2ccc3ccccc3c2Br)CC1. The molecule has 1 saturated heterocycles. The van der Waals surface area contributed by atoms with Crippen molar-refractivity contribution in [3.05, 3.63) is 76.8 Å². The third-order valence-electron chi connectivity index (χ3n) is 5.56. The molecular formula is C24H26BrN2O3+. The number of quaternary nitrogens is 1. The van der Waals surface area contributed by atoms with E-state index in [1.165, 1.54) is 4.90 Å². The molecule has 0 aromatic heterocycles. The van der Waals surface area contributed by atoms with Gasteiger partial charge in [0.2, 0.25) is 0 Å². The Bertz CT molecular complexity index is 1000. The van der Waals surface area contributed by atoms with Gasteiger partial charge < -0.3 is 19.6 Å². The lowest BCUT2D eigenvalue weighted by molar-refractivity contribution is -0.907. The number of rotatable bonds is 6. The number of benzene rings is 3. The molecule has 0 aliphatic carbocycles. The normalized spacial score (nSPS) is 15.9. The van der Waals surface area contributed by atoms with Crippen molar-refractivity contribution in [1.82, 2.24) is 4.90 Å². The third-order valence-corrected chi connectivity index (χ3v) is 6.38. The first-order chi connectivity index (χ1) is 14.6. The van der Waals surface area contributed by atoms with Gasteiger partial charge in [0.05, 0.1) is 30.7 Å². The van der Waals surface area contributed by atoms with Gasteiger partial charge in [-0.15, -0.1) is 0 Å². The molecule has 1 atom stereocenters. The lowest BCUT2D eigenvalue weighted by atomic mass is 10.1. The van der Waals surface area contributed by atoms with Crippen LogP contribution in [0, 0.1) is 0 Å². The Kier molecular flexibility index (Phi) is 6.67. The van der Waals surface area contributed by atoms with Crippen LogP contribution in [0.1, 0.15) is 10.4 Å². The number of nitrogens with one attached hydrogen (secondary N) is 1. The molecule has 1 amide bonds. The maximum atomic E-state index is 12.6. The highest BCUT2D eigenvalue weighted by Crippen LogP contribution is 2.33. The fourth-order valence-corrected chi connectivity index (χ4v) is 4.50. The quantitative estimate of drug-likeness (QED) is 0.582. The van der Waals surface area contributed by atoms with Gasteiger partial charge in [-0.1, -0.05) is 48.5 Å². The van der Waals surface area contributed by atoms with Crippen LogP contribution in [0.25, 0.3) is 10.8 Å². The Labute approximate surface area is 185 Å². The molecule has 4 rings (SSSR count). The topological polar surface area (TPSA) is 54.2 Å². The number of hydrogen-bond acceptors (Lipinski definition) is 3. The maximum absolute atomic E-state index is 12.6. The molecule has 1 heterocycles. The monoisotopic (exact) mass is 469 g/mol. The number of carbonyl (C=O) groups is 1. The van der Waals surface area contributed by atoms with Crippen molar-refractivity contribution in [2.45, 2.75) is 6.10 Å². The van der Waals surface area contributed by atoms with E-state index in [0.717, 1.165) is 39.6 Å². The van der Waals surface area contributed by atoms with Crippen molar-refractivity contribution < 1.29 is 19.5 Å². The van der Waals surface area contributed by atoms with Crippen LogP contribution in [0.3, 0.4) is 0 Å². The molecule has 5 nitrogen and oxygen atoms in total. The molecule has 0 spiro atoms. The van der Waals surface area contributed by atoms with Gasteiger partial charge in [-0.2, -0.15) is 0 Å². The Balaban J connectivity index is 1.26. The second-order valence-electron chi connectivity index (χ2n) is 7.68. The molecule has 30 heavy (non-hydrogen) atoms. The Hall–Kier alpha value is -2.41. The molecule has 2 N–H and O–H groups in total. The summed E-state index contributed by atoms with van der Waals surface area (Å²) in [6.07, 6.45) is -0.560. The number of ether oxygens (including phenoxy) is 1. The van der Waals surface area contributed by atoms with Crippen LogP contribution in [-0.2, 0) is 0 Å². The van der Waals surface area contributed by atoms with E-state index in [9.17, 15) is 9.90 Å². The number of amides is 1. The van der Waals surface area contributed by atoms with Gasteiger partial charge in [-0.3, -0.25) is 4.79 Å². The van der Waals surface area contributed by atoms with E-state index in [1.807, 2.05) is 65.6 Å². The number of nitrogens with zero attached hydrogens (tertiary/aromatic N) is 1. The van der Waals surface area contributed by atoms with E-state index in [1.54, 1.807) is 0 Å². The van der Waals surface area contributed by atoms with Gasteiger partial charge in [0.15, 0.2) is 0 Å². The van der Waals surface area contributed by atoms with Crippen LogP contribution in [-0.4, -0.2) is 61.3 Å². The minimum atomic E-state index is -0.560. The first-order valence-electron chi connectivity index (χ1n) is 10.3. The lowest BCUT2D eigenvalue weighted by Gasteiger charge is -2.33. The van der Waals surface area contributed by atoms with E-state index in [4.69, 9.17) is 4.74 Å². The Morgan fingerprint density at radius 2 is 1.73 bits per heavy atom. The number of aliphatic hydroxyl groups excluding tert-OH is 1. The zero-order valence-electron chi connectivity index (χ0n) is 16.8. The van der Waals surface area contributed by atoms with Crippen molar-refractivity contribution in [2.75, 3.05) is 39.3 Å². The average molecular weight is 470 g/mol. The molecule has 0 unspecified atom stereocenters. The predicted octanol–water partition coefficient (Wildman–Crippen LogP) is 2.38. The van der Waals surface area contributed by atoms with Crippen molar-refractivity contribution >= 4 is 32.6 Å². The summed E-state index contributed by atoms with van der Waals surface area (Å²) in [5.41, 5.74) is 0.732. The van der Waals surface area contributed by atoms with Crippen LogP contribution in [0.2, 0.25) is 0 Å². The van der Waals surface area contributed by atoms with E-state index >= 15 is 0 Å². The van der Waals surface area contributed by atoms with Crippen molar-refractivity contribution in [3.63, 3.8) is 0 Å². The number of halogens is 1. The molecule has 156 valence electrons. The predicted molar refractivity (Wildman–Crippen MR) is 121 cm³/mol. The minimum Gasteiger partial charge on any atom is -0.489 e. The van der Waals surface area contributed by atoms with Crippen molar-refractivity contribution in [1.29, 1.82) is 0 Å². The summed E-state index contributed by atoms with van der Waals surface area (Å²) >= 11 is 3.62. The third kappa shape index (κ3) is 4.83. The van der Waals surface area contributed by atoms with E-state index < -0.39 is 6.10 Å². The van der Waals surface area contributed by atoms with Crippen molar-refractivity contribution in [3.8, 4) is 5.75 Å². The van der Waals surface area contributed by atoms with Crippen LogP contribution in [0.5, 0.6) is 5.75 Å². The highest BCUT2D eigenvalue weighted by molar-refractivity contribution is 9.10. The second kappa shape index (κ2) is 9.60. The summed E-state index contributed by atoms with van der Waals surface area (Å²) in [5.74, 6) is 0.820. The average Bonchev–Trinajstić information content (AvgIpc) is 2.79. The summed E-state index contributed by atoms with van der Waals surface area (Å²) in [7, 11) is 0. The lowest BCUT2D eigenvalue weighted by Crippen LogP contribution is -3.16. The van der Waals surface area contributed by atoms with Crippen LogP contribution in [0.15, 0.2) is 71.2 Å². The molecular weight excluding hydrogens is 444 g/mol. The van der Waals surface area contributed by atoms with E-state index in [2.05, 4.69) is 22.0 Å². The fraction of sp³-hybridized carbons (Fsp3) is 0.292. The standard InChI is InChI=1S/C24H25BrN2O3/c25-23-21-9-5-4-6-18(21)10-11-22(23)30-17-20(28)16-26-12-14-27(15-13-26)24(29)19-7-2-1-3-8-19/h1-11,20,28H,12-17H2/p+1/t20-/m1/s1. The van der Waals surface area contributed by atoms with Gasteiger partial charge in [-0.05, 0) is 44.9 Å². The second-order valence-corrected chi connectivity index (χ2v) is 8.47. The van der Waals surface area contributed by atoms with E-state index in [-0.39, 0.29) is 12.5 Å². The van der Waals surface area contributed by atoms with Crippen LogP contribution >= 0.6 is 15.9 Å². The number of fused-ring (bicyclic) bond motifs is 1. The molecule has 0 saturated carbocycles. The highest BCUT2D eigenvalue weighted by Gasteiger charge is 2.26. The Morgan fingerprint density at radius 3 is 2.50 bits per heavy atom. The van der Waals surface area contributed by atoms with Gasteiger partial charge in [0.1, 0.15) is 25.0 Å². The number of hydrogen-bond donors (Lipinski definition) is 2. The van der Waals surface area contributed by atoms with Crippen LogP contribution in [0.4, 0.5) is 0 Å². The van der Waals surface area contributed by atoms with Crippen molar-refractivity contribution in [2.24, 2.45) is 0 Å². The summed E-state index contributed by atoms with van der Waals surface area (Å²) in [6.45, 7) is 3.91. The first kappa shape index (κ1) is 20.8. The Morgan fingerprint density at radius 1 is 1.03 bits per heavy atom. The highest BCUT2D eigenvalue weighted by atomic mass is 79.9. The smallest absolute Gasteiger partial charge is 0.254 e. The van der Waals surface area contributed by atoms with Gasteiger partial charge in [0, 0.05) is 5.56 Å². The molecule has 1 fully saturated rings. The number of aliphatic hydroxyl groups is 1. The summed E-state index contributed by atoms with van der Waals surface area (Å²) in [6, 6.07) is 21.5. The number of carbonyl (C=O) groups excluding carboxylic acids is 1. The van der Waals surface area contributed by atoms with E-state index in [0.29, 0.717) is 19.6 Å². The van der Waals surface area contributed by atoms with Gasteiger partial charge >= 0.3 is 0 Å². The largest absolute Gasteiger partial charge is 0.489 e. The minimum absolute atomic E-state index is 0.0830. The zero-order chi connectivity index (χ0) is 20.9. The molecule has 3 aromatic rings. The fourth-order valence-electron chi connectivity index (χ4n) is 3.90. The van der Waals surface area contributed by atoms with Gasteiger partial charge in [0.25, 0.3) is 5.91 Å². The first-order valence-corrected chi connectivity index (χ1v) is 11.1. The molecule has 1 aliphatic rings. The summed E-state index contributed by atoms with van der Waals surface area (Å²) in [5, 5.41) is 12.7. The molecule has 0 radical (unpaired) electrons. The molecule has 3 aromatic carbocycles. The molecule has 0 bridgehead atoms. The summed E-state index contributed by atoms with van der Waals surface area (Å²) < 4.78 is 6.80. The zero-order valence-corrected chi connectivity index (χ0v) is 18.3. The number of piperazine rings is 1. The summed E-state index contributed by atoms with van der Waals surface area (Å²) in [4.78, 5) is 15.7. The van der Waals surface area contributed by atoms with Crippen LogP contribution < -0.4 is 9.64 Å².